The van der Waals surface area contributed by atoms with Gasteiger partial charge in [-0.25, -0.2) is 4.98 Å². The van der Waals surface area contributed by atoms with Crippen molar-refractivity contribution in [1.82, 2.24) is 25.7 Å². The van der Waals surface area contributed by atoms with Crippen LogP contribution in [0.25, 0.3) is 11.2 Å². The zero-order chi connectivity index (χ0) is 9.60. The molecule has 1 fully saturated rings. The van der Waals surface area contributed by atoms with Gasteiger partial charge in [-0.2, -0.15) is 10.3 Å². The molecular formula is C8H9N5O. The van der Waals surface area contributed by atoms with Crippen LogP contribution in [0, 0.1) is 0 Å². The number of pyridine rings is 1. The minimum absolute atomic E-state index is 0.567. The molecule has 1 saturated heterocycles. The summed E-state index contributed by atoms with van der Waals surface area (Å²) >= 11 is 0. The predicted molar refractivity (Wildman–Crippen MR) is 48.5 cm³/mol. The lowest BCUT2D eigenvalue weighted by Gasteiger charge is -2.37. The number of hydrogen-bond donors (Lipinski definition) is 3. The molecule has 1 aliphatic rings. The lowest BCUT2D eigenvalue weighted by atomic mass is 9.89. The van der Waals surface area contributed by atoms with Gasteiger partial charge >= 0.3 is 0 Å². The van der Waals surface area contributed by atoms with Crippen molar-refractivity contribution >= 4 is 11.2 Å². The summed E-state index contributed by atoms with van der Waals surface area (Å²) in [5, 5.41) is 23.3. The fourth-order valence-electron chi connectivity index (χ4n) is 1.56. The molecule has 0 bridgehead atoms. The molecule has 6 nitrogen and oxygen atoms in total. The Labute approximate surface area is 79.4 Å². The Bertz CT molecular complexity index is 475. The fourth-order valence-corrected chi connectivity index (χ4v) is 1.56. The molecule has 3 heterocycles. The van der Waals surface area contributed by atoms with Crippen molar-refractivity contribution < 1.29 is 5.11 Å². The highest BCUT2D eigenvalue weighted by Crippen LogP contribution is 2.25. The Hall–Kier alpha value is -1.53. The highest BCUT2D eigenvalue weighted by molar-refractivity contribution is 5.69. The number of rotatable bonds is 1. The Morgan fingerprint density at radius 2 is 2.21 bits per heavy atom. The molecule has 2 aromatic heterocycles. The van der Waals surface area contributed by atoms with E-state index in [-0.39, 0.29) is 0 Å². The number of H-pyrrole nitrogens is 1. The van der Waals surface area contributed by atoms with Gasteiger partial charge < -0.3 is 10.4 Å². The first-order valence-corrected chi connectivity index (χ1v) is 4.38. The van der Waals surface area contributed by atoms with Crippen LogP contribution >= 0.6 is 0 Å². The van der Waals surface area contributed by atoms with Gasteiger partial charge in [0.1, 0.15) is 11.1 Å². The van der Waals surface area contributed by atoms with Crippen molar-refractivity contribution in [2.75, 3.05) is 13.1 Å². The maximum absolute atomic E-state index is 10.0. The van der Waals surface area contributed by atoms with Gasteiger partial charge in [-0.05, 0) is 6.07 Å². The van der Waals surface area contributed by atoms with Gasteiger partial charge in [-0.3, -0.25) is 0 Å². The van der Waals surface area contributed by atoms with E-state index < -0.39 is 5.60 Å². The summed E-state index contributed by atoms with van der Waals surface area (Å²) in [6.45, 7) is 1.13. The van der Waals surface area contributed by atoms with Gasteiger partial charge in [0.15, 0.2) is 0 Å². The summed E-state index contributed by atoms with van der Waals surface area (Å²) in [5.41, 5.74) is 1.27. The number of aromatic amines is 1. The third-order valence-corrected chi connectivity index (χ3v) is 2.55. The molecule has 6 heteroatoms. The summed E-state index contributed by atoms with van der Waals surface area (Å²) in [7, 11) is 0. The molecule has 0 aromatic carbocycles. The topological polar surface area (TPSA) is 86.7 Å². The second-order valence-corrected chi connectivity index (χ2v) is 3.53. The minimum atomic E-state index is -0.778. The molecule has 1 aliphatic heterocycles. The molecule has 2 aromatic rings. The van der Waals surface area contributed by atoms with Crippen LogP contribution in [0.5, 0.6) is 0 Å². The Morgan fingerprint density at radius 3 is 2.93 bits per heavy atom. The van der Waals surface area contributed by atoms with Crippen LogP contribution in [0.15, 0.2) is 12.3 Å². The minimum Gasteiger partial charge on any atom is -0.382 e. The summed E-state index contributed by atoms with van der Waals surface area (Å²) < 4.78 is 0. The maximum Gasteiger partial charge on any atom is 0.201 e. The average molecular weight is 191 g/mol. The van der Waals surface area contributed by atoms with Crippen LogP contribution < -0.4 is 5.32 Å². The number of β-amino-alcohol motifs (C(OH)–C–C–N with tert-alkyl or cyclic N) is 1. The molecule has 72 valence electrons. The summed E-state index contributed by atoms with van der Waals surface area (Å²) in [6, 6.07) is 1.81. The van der Waals surface area contributed by atoms with E-state index in [0.29, 0.717) is 24.3 Å². The lowest BCUT2D eigenvalue weighted by molar-refractivity contribution is -0.0148. The molecule has 0 saturated carbocycles. The first-order valence-electron chi connectivity index (χ1n) is 4.38. The van der Waals surface area contributed by atoms with E-state index in [4.69, 9.17) is 0 Å². The molecule has 0 radical (unpaired) electrons. The second kappa shape index (κ2) is 2.49. The largest absolute Gasteiger partial charge is 0.382 e. The van der Waals surface area contributed by atoms with Gasteiger partial charge in [0.05, 0.1) is 0 Å². The van der Waals surface area contributed by atoms with E-state index in [1.807, 2.05) is 6.07 Å². The molecule has 0 amide bonds. The van der Waals surface area contributed by atoms with E-state index in [1.165, 1.54) is 0 Å². The Morgan fingerprint density at radius 1 is 1.36 bits per heavy atom. The van der Waals surface area contributed by atoms with Crippen LogP contribution in [0.3, 0.4) is 0 Å². The van der Waals surface area contributed by atoms with Gasteiger partial charge in [0, 0.05) is 24.8 Å². The van der Waals surface area contributed by atoms with E-state index >= 15 is 0 Å². The molecule has 0 atom stereocenters. The molecule has 3 rings (SSSR count). The number of fused-ring (bicyclic) bond motifs is 1. The summed E-state index contributed by atoms with van der Waals surface area (Å²) in [5.74, 6) is 0. The third-order valence-electron chi connectivity index (χ3n) is 2.55. The van der Waals surface area contributed by atoms with Crippen LogP contribution in [0.2, 0.25) is 0 Å². The van der Waals surface area contributed by atoms with Crippen LogP contribution in [-0.2, 0) is 5.60 Å². The van der Waals surface area contributed by atoms with Crippen molar-refractivity contribution in [3.05, 3.63) is 17.8 Å². The monoisotopic (exact) mass is 191 g/mol. The van der Waals surface area contributed by atoms with Crippen molar-refractivity contribution in [3.63, 3.8) is 0 Å². The van der Waals surface area contributed by atoms with Gasteiger partial charge in [-0.15, -0.1) is 5.10 Å². The first kappa shape index (κ1) is 7.84. The molecule has 0 aliphatic carbocycles. The molecule has 14 heavy (non-hydrogen) atoms. The van der Waals surface area contributed by atoms with E-state index in [2.05, 4.69) is 25.7 Å². The highest BCUT2D eigenvalue weighted by atomic mass is 16.3. The van der Waals surface area contributed by atoms with Gasteiger partial charge in [0.2, 0.25) is 5.65 Å². The van der Waals surface area contributed by atoms with Gasteiger partial charge in [-0.1, -0.05) is 0 Å². The number of nitrogens with zero attached hydrogens (tertiary/aromatic N) is 3. The van der Waals surface area contributed by atoms with Crippen LogP contribution in [-0.4, -0.2) is 38.6 Å². The predicted octanol–water partition coefficient (Wildman–Crippen LogP) is -0.856. The van der Waals surface area contributed by atoms with Crippen LogP contribution in [0.1, 0.15) is 5.56 Å². The molecular weight excluding hydrogens is 182 g/mol. The second-order valence-electron chi connectivity index (χ2n) is 3.53. The maximum atomic E-state index is 10.0. The molecule has 0 unspecified atom stereocenters. The van der Waals surface area contributed by atoms with Crippen molar-refractivity contribution in [2.24, 2.45) is 0 Å². The smallest absolute Gasteiger partial charge is 0.201 e. The Kier molecular flexibility index (Phi) is 1.39. The number of hydrogen-bond acceptors (Lipinski definition) is 5. The normalized spacial score (nSPS) is 19.5. The zero-order valence-corrected chi connectivity index (χ0v) is 7.36. The number of aromatic nitrogens is 4. The fraction of sp³-hybridized carbons (Fsp3) is 0.375. The number of aliphatic hydroxyl groups is 1. The highest BCUT2D eigenvalue weighted by Gasteiger charge is 2.36. The standard InChI is InChI=1S/C8H9N5O/c14-8(3-9-4-8)5-1-6-7(10-2-5)12-13-11-6/h1-2,9,14H,3-4H2,(H,10,11,12,13). The molecule has 0 spiro atoms. The van der Waals surface area contributed by atoms with Crippen molar-refractivity contribution in [3.8, 4) is 0 Å². The summed E-state index contributed by atoms with van der Waals surface area (Å²) in [4.78, 5) is 4.10. The third kappa shape index (κ3) is 0.948. The van der Waals surface area contributed by atoms with Crippen molar-refractivity contribution in [2.45, 2.75) is 5.60 Å². The molecule has 3 N–H and O–H groups in total. The summed E-state index contributed by atoms with van der Waals surface area (Å²) in [6.07, 6.45) is 1.64. The quantitative estimate of drug-likeness (QED) is 0.546. The zero-order valence-electron chi connectivity index (χ0n) is 7.36. The lowest BCUT2D eigenvalue weighted by Crippen LogP contribution is -2.56. The van der Waals surface area contributed by atoms with Gasteiger partial charge in [0.25, 0.3) is 0 Å². The first-order chi connectivity index (χ1) is 6.78. The van der Waals surface area contributed by atoms with E-state index in [1.54, 1.807) is 6.20 Å². The van der Waals surface area contributed by atoms with Crippen molar-refractivity contribution in [1.29, 1.82) is 0 Å². The van der Waals surface area contributed by atoms with E-state index in [0.717, 1.165) is 5.56 Å². The number of nitrogens with one attached hydrogen (secondary N) is 2. The van der Waals surface area contributed by atoms with E-state index in [9.17, 15) is 5.11 Å². The average Bonchev–Trinajstić information content (AvgIpc) is 2.60. The van der Waals surface area contributed by atoms with Crippen LogP contribution in [0.4, 0.5) is 0 Å². The Balaban J connectivity index is 2.13. The SMILES string of the molecule is OC1(c2cnc3n[nH]nc3c2)CNC1.